The van der Waals surface area contributed by atoms with Gasteiger partial charge in [0.15, 0.2) is 11.6 Å². The average molecular weight is 383 g/mol. The van der Waals surface area contributed by atoms with E-state index < -0.39 is 29.9 Å². The van der Waals surface area contributed by atoms with Crippen LogP contribution in [-0.2, 0) is 14.2 Å². The number of halogens is 2. The van der Waals surface area contributed by atoms with Gasteiger partial charge < -0.3 is 24.4 Å². The zero-order valence-electron chi connectivity index (χ0n) is 14.7. The quantitative estimate of drug-likeness (QED) is 0.849. The van der Waals surface area contributed by atoms with Gasteiger partial charge in [0, 0.05) is 25.2 Å². The van der Waals surface area contributed by atoms with E-state index in [1.165, 1.54) is 7.11 Å². The van der Waals surface area contributed by atoms with Crippen molar-refractivity contribution in [3.05, 3.63) is 23.8 Å². The number of hydrogen-bond acceptors (Lipinski definition) is 6. The Kier molecular flexibility index (Phi) is 4.29. The zero-order chi connectivity index (χ0) is 19.2. The van der Waals surface area contributed by atoms with E-state index in [0.29, 0.717) is 26.3 Å². The van der Waals surface area contributed by atoms with Crippen molar-refractivity contribution in [1.29, 1.82) is 0 Å². The number of amides is 2. The van der Waals surface area contributed by atoms with Crippen LogP contribution in [0.15, 0.2) is 12.1 Å². The third kappa shape index (κ3) is 3.14. The zero-order valence-corrected chi connectivity index (χ0v) is 14.7. The van der Waals surface area contributed by atoms with Gasteiger partial charge >= 0.3 is 12.2 Å². The summed E-state index contributed by atoms with van der Waals surface area (Å²) in [5.41, 5.74) is 0.00479. The molecule has 1 unspecified atom stereocenters. The van der Waals surface area contributed by atoms with Crippen LogP contribution in [-0.4, -0.2) is 64.8 Å². The molecule has 1 atom stereocenters. The number of nitrogens with one attached hydrogen (secondary N) is 1. The fraction of sp³-hybridized carbons (Fsp3) is 0.529. The number of carbonyl (C=O) groups excluding carboxylic acids is 2. The first-order chi connectivity index (χ1) is 12.9. The Bertz CT molecular complexity index is 755. The Morgan fingerprint density at radius 2 is 2.00 bits per heavy atom. The third-order valence-electron chi connectivity index (χ3n) is 5.03. The lowest BCUT2D eigenvalue weighted by Crippen LogP contribution is -2.66. The Morgan fingerprint density at radius 3 is 2.56 bits per heavy atom. The molecular weight excluding hydrogens is 364 g/mol. The van der Waals surface area contributed by atoms with Gasteiger partial charge in [-0.15, -0.1) is 0 Å². The van der Waals surface area contributed by atoms with Crippen LogP contribution in [0, 0.1) is 17.0 Å². The highest BCUT2D eigenvalue weighted by molar-refractivity contribution is 5.90. The van der Waals surface area contributed by atoms with Crippen molar-refractivity contribution in [3.8, 4) is 0 Å². The summed E-state index contributed by atoms with van der Waals surface area (Å²) >= 11 is 0. The maximum Gasteiger partial charge on any atom is 0.414 e. The van der Waals surface area contributed by atoms with Crippen molar-refractivity contribution >= 4 is 23.6 Å². The molecule has 3 heterocycles. The van der Waals surface area contributed by atoms with Crippen molar-refractivity contribution in [2.24, 2.45) is 5.41 Å². The van der Waals surface area contributed by atoms with E-state index in [-0.39, 0.29) is 29.9 Å². The van der Waals surface area contributed by atoms with Gasteiger partial charge in [-0.05, 0) is 0 Å². The van der Waals surface area contributed by atoms with Gasteiger partial charge in [0.25, 0.3) is 0 Å². The van der Waals surface area contributed by atoms with E-state index in [2.05, 4.69) is 10.1 Å². The van der Waals surface area contributed by atoms with Gasteiger partial charge in [-0.3, -0.25) is 4.90 Å². The number of cyclic esters (lactones) is 1. The SMILES string of the molecule is COC(=O)NCC1CN(c2cc(F)c(N3CC4(COC4)C3)c(F)c2)C(=O)O1. The number of ether oxygens (including phenoxy) is 3. The number of alkyl carbamates (subject to hydrolysis) is 1. The molecule has 1 aromatic carbocycles. The van der Waals surface area contributed by atoms with E-state index in [1.54, 1.807) is 4.90 Å². The van der Waals surface area contributed by atoms with E-state index in [4.69, 9.17) is 9.47 Å². The minimum atomic E-state index is -0.732. The maximum atomic E-state index is 14.6. The summed E-state index contributed by atoms with van der Waals surface area (Å²) in [6.45, 7) is 2.43. The average Bonchev–Trinajstić information content (AvgIpc) is 2.93. The minimum absolute atomic E-state index is 0.0240. The molecule has 0 saturated carbocycles. The molecule has 0 radical (unpaired) electrons. The van der Waals surface area contributed by atoms with Crippen molar-refractivity contribution in [2.75, 3.05) is 56.3 Å². The molecule has 1 spiro atoms. The van der Waals surface area contributed by atoms with Gasteiger partial charge in [-0.1, -0.05) is 0 Å². The second-order valence-electron chi connectivity index (χ2n) is 7.10. The standard InChI is InChI=1S/C17H19F2N3O5/c1-25-15(23)20-4-11-5-22(16(24)27-11)10-2-12(18)14(13(19)3-10)21-6-17(7-21)8-26-9-17/h2-3,11H,4-9H2,1H3,(H,20,23). The minimum Gasteiger partial charge on any atom is -0.453 e. The molecule has 1 N–H and O–H groups in total. The fourth-order valence-electron chi connectivity index (χ4n) is 3.61. The van der Waals surface area contributed by atoms with Crippen molar-refractivity contribution in [2.45, 2.75) is 6.10 Å². The highest BCUT2D eigenvalue weighted by Crippen LogP contribution is 2.42. The number of nitrogens with zero attached hydrogens (tertiary/aromatic N) is 2. The van der Waals surface area contributed by atoms with Crippen LogP contribution in [0.25, 0.3) is 0 Å². The Labute approximate surface area is 153 Å². The first kappa shape index (κ1) is 17.8. The summed E-state index contributed by atoms with van der Waals surface area (Å²) in [6, 6.07) is 2.25. The number of methoxy groups -OCH3 is 1. The summed E-state index contributed by atoms with van der Waals surface area (Å²) in [7, 11) is 1.22. The fourth-order valence-corrected chi connectivity index (χ4v) is 3.61. The van der Waals surface area contributed by atoms with E-state index in [9.17, 15) is 18.4 Å². The highest BCUT2D eigenvalue weighted by atomic mass is 19.1. The molecule has 4 rings (SSSR count). The van der Waals surface area contributed by atoms with Crippen LogP contribution in [0.3, 0.4) is 0 Å². The van der Waals surface area contributed by atoms with Crippen LogP contribution in [0.4, 0.5) is 29.7 Å². The van der Waals surface area contributed by atoms with Crippen molar-refractivity contribution in [1.82, 2.24) is 5.32 Å². The third-order valence-corrected chi connectivity index (χ3v) is 5.03. The van der Waals surface area contributed by atoms with E-state index >= 15 is 0 Å². The molecule has 3 fully saturated rings. The Morgan fingerprint density at radius 1 is 1.33 bits per heavy atom. The highest BCUT2D eigenvalue weighted by Gasteiger charge is 2.50. The molecule has 0 aromatic heterocycles. The lowest BCUT2D eigenvalue weighted by molar-refractivity contribution is -0.127. The smallest absolute Gasteiger partial charge is 0.414 e. The molecule has 1 aromatic rings. The number of carbonyl (C=O) groups is 2. The summed E-state index contributed by atoms with van der Waals surface area (Å²) in [6.07, 6.45) is -2.03. The monoisotopic (exact) mass is 383 g/mol. The molecule has 0 bridgehead atoms. The van der Waals surface area contributed by atoms with Crippen LogP contribution < -0.4 is 15.1 Å². The first-order valence-corrected chi connectivity index (χ1v) is 8.52. The van der Waals surface area contributed by atoms with Crippen molar-refractivity contribution < 1.29 is 32.6 Å². The van der Waals surface area contributed by atoms with Gasteiger partial charge in [-0.25, -0.2) is 18.4 Å². The van der Waals surface area contributed by atoms with Crippen LogP contribution in [0.5, 0.6) is 0 Å². The summed E-state index contributed by atoms with van der Waals surface area (Å²) in [4.78, 5) is 25.9. The van der Waals surface area contributed by atoms with Crippen LogP contribution in [0.1, 0.15) is 0 Å². The number of rotatable bonds is 4. The second-order valence-corrected chi connectivity index (χ2v) is 7.10. The molecule has 0 aliphatic carbocycles. The summed E-state index contributed by atoms with van der Waals surface area (Å²) < 4.78 is 43.9. The first-order valence-electron chi connectivity index (χ1n) is 8.52. The lowest BCUT2D eigenvalue weighted by Gasteiger charge is -2.56. The van der Waals surface area contributed by atoms with Gasteiger partial charge in [-0.2, -0.15) is 0 Å². The molecule has 3 aliphatic rings. The normalized spacial score (nSPS) is 22.9. The van der Waals surface area contributed by atoms with E-state index in [1.807, 2.05) is 0 Å². The summed E-state index contributed by atoms with van der Waals surface area (Å²) in [5, 5.41) is 2.42. The van der Waals surface area contributed by atoms with Crippen LogP contribution >= 0.6 is 0 Å². The predicted molar refractivity (Wildman–Crippen MR) is 89.8 cm³/mol. The molecular formula is C17H19F2N3O5. The number of hydrogen-bond donors (Lipinski definition) is 1. The van der Waals surface area contributed by atoms with Gasteiger partial charge in [0.2, 0.25) is 0 Å². The van der Waals surface area contributed by atoms with E-state index in [0.717, 1.165) is 17.0 Å². The van der Waals surface area contributed by atoms with Crippen molar-refractivity contribution in [3.63, 3.8) is 0 Å². The predicted octanol–water partition coefficient (Wildman–Crippen LogP) is 1.48. The molecule has 2 amide bonds. The Hall–Kier alpha value is -2.62. The topological polar surface area (TPSA) is 80.3 Å². The second kappa shape index (κ2) is 6.52. The van der Waals surface area contributed by atoms with Gasteiger partial charge in [0.1, 0.15) is 11.8 Å². The summed E-state index contributed by atoms with van der Waals surface area (Å²) in [5.74, 6) is -1.46. The molecule has 146 valence electrons. The molecule has 10 heteroatoms. The molecule has 3 saturated heterocycles. The number of anilines is 2. The largest absolute Gasteiger partial charge is 0.453 e. The van der Waals surface area contributed by atoms with Crippen LogP contribution in [0.2, 0.25) is 0 Å². The molecule has 8 nitrogen and oxygen atoms in total. The lowest BCUT2D eigenvalue weighted by atomic mass is 9.77. The Balaban J connectivity index is 1.45. The maximum absolute atomic E-state index is 14.6. The van der Waals surface area contributed by atoms with Gasteiger partial charge in [0.05, 0.1) is 44.5 Å². The number of benzene rings is 1. The molecule has 3 aliphatic heterocycles. The molecule has 27 heavy (non-hydrogen) atoms.